The normalized spacial score (nSPS) is 11.1. The minimum Gasteiger partial charge on any atom is -0.494 e. The van der Waals surface area contributed by atoms with Gasteiger partial charge in [-0.1, -0.05) is 20.1 Å². The number of benzene rings is 2. The van der Waals surface area contributed by atoms with Gasteiger partial charge in [0.15, 0.2) is 17.9 Å². The Morgan fingerprint density at radius 1 is 1.23 bits per heavy atom. The lowest BCUT2D eigenvalue weighted by Gasteiger charge is -2.03. The van der Waals surface area contributed by atoms with Crippen LogP contribution in [-0.2, 0) is 0 Å². The van der Waals surface area contributed by atoms with E-state index in [0.29, 0.717) is 10.9 Å². The molecule has 40 heavy (non-hydrogen) atoms. The van der Waals surface area contributed by atoms with E-state index in [4.69, 9.17) is 26.9 Å². The van der Waals surface area contributed by atoms with E-state index in [-0.39, 0.29) is 35.0 Å². The highest BCUT2D eigenvalue weighted by molar-refractivity contribution is 9.18. The molecule has 0 saturated heterocycles. The number of hydrogen-bond donors (Lipinski definition) is 5. The summed E-state index contributed by atoms with van der Waals surface area (Å²) in [6.45, 7) is -2.59. The molecule has 220 valence electrons. The molecule has 0 heterocycles. The largest absolute Gasteiger partial charge is 0.494 e. The molecule has 0 radical (unpaired) electrons. The van der Waals surface area contributed by atoms with Crippen molar-refractivity contribution >= 4 is 93.1 Å². The Morgan fingerprint density at radius 2 is 1.82 bits per heavy atom. The second-order valence-corrected chi connectivity index (χ2v) is 21.4. The maximum atomic E-state index is 13.2. The third-order valence-corrected chi connectivity index (χ3v) is 16.0. The molecular weight excluding hydrogens is 694 g/mol. The minimum absolute atomic E-state index is 0.0748. The molecule has 0 aliphatic heterocycles. The SMILES string of the molecule is COc1ccc(B(O)O)cc1F.N=C(Br)/C=C\N.NC(=CC=NC(F)F)c1ccc(C=O)c(F)c1.PPP(P)P. The van der Waals surface area contributed by atoms with Crippen LogP contribution in [0.3, 0.4) is 0 Å². The average molecular weight is 723 g/mol. The van der Waals surface area contributed by atoms with Gasteiger partial charge in [0.1, 0.15) is 5.82 Å². The van der Waals surface area contributed by atoms with Crippen LogP contribution >= 0.6 is 57.7 Å². The molecule has 0 aliphatic carbocycles. The summed E-state index contributed by atoms with van der Waals surface area (Å²) < 4.78 is 54.4. The number of nitrogens with zero attached hydrogens (tertiary/aromatic N) is 1. The first-order chi connectivity index (χ1) is 18.7. The van der Waals surface area contributed by atoms with Crippen LogP contribution in [0.2, 0.25) is 0 Å². The molecule has 4 atom stereocenters. The number of hydrogen-bond acceptors (Lipinski definition) is 8. The summed E-state index contributed by atoms with van der Waals surface area (Å²) in [5.74, 6) is -1.25. The summed E-state index contributed by atoms with van der Waals surface area (Å²) in [5, 5.41) is 24.0. The van der Waals surface area contributed by atoms with Crippen molar-refractivity contribution in [2.24, 2.45) is 16.5 Å². The zero-order chi connectivity index (χ0) is 31.3. The molecule has 7 N–H and O–H groups in total. The summed E-state index contributed by atoms with van der Waals surface area (Å²) in [6.07, 6.45) is 5.08. The van der Waals surface area contributed by atoms with E-state index in [1.165, 1.54) is 43.7 Å². The molecule has 0 fully saturated rings. The van der Waals surface area contributed by atoms with Crippen molar-refractivity contribution in [3.63, 3.8) is 0 Å². The van der Waals surface area contributed by atoms with Crippen LogP contribution in [0, 0.1) is 17.0 Å². The van der Waals surface area contributed by atoms with Crippen LogP contribution in [-0.4, -0.2) is 47.9 Å². The lowest BCUT2D eigenvalue weighted by molar-refractivity contribution is 0.111. The standard InChI is InChI=1S/C11H9F3N2O.C7H8BFO3.C3H5BrN2.H7P5/c12-9-5-7(1-2-8(9)6-17)10(15)3-4-16-11(13)14;1-12-7-3-2-5(8(10)11)4-6(7)9;4-3(6)1-2-5;1-4-5(2)3/h1-6,11H,15H2;2-4,10-11H,1H3;1-2,6H,5H2;4H,1-3H2/b;;2-1-,6-3?;. The van der Waals surface area contributed by atoms with E-state index in [1.54, 1.807) is 0 Å². The first-order valence-corrected chi connectivity index (χ1v) is 19.4. The minimum atomic E-state index is -2.81. The summed E-state index contributed by atoms with van der Waals surface area (Å²) >= 11 is 2.85. The molecule has 0 spiro atoms. The number of rotatable bonds is 8. The highest BCUT2D eigenvalue weighted by Gasteiger charge is 2.13. The van der Waals surface area contributed by atoms with E-state index in [9.17, 15) is 22.4 Å². The molecular formula is C21H29BBrF4N4O4P5. The topological polar surface area (TPSA) is 155 Å². The van der Waals surface area contributed by atoms with Gasteiger partial charge < -0.3 is 26.3 Å². The van der Waals surface area contributed by atoms with Gasteiger partial charge in [-0.15, -0.1) is 26.8 Å². The number of ether oxygens (including phenoxy) is 1. The fraction of sp³-hybridized carbons (Fsp3) is 0.0952. The number of allylic oxidation sites excluding steroid dienone is 2. The fourth-order valence-corrected chi connectivity index (χ4v) is 2.17. The molecule has 0 aliphatic rings. The van der Waals surface area contributed by atoms with E-state index < -0.39 is 25.3 Å². The van der Waals surface area contributed by atoms with E-state index >= 15 is 0 Å². The third-order valence-electron chi connectivity index (χ3n) is 3.78. The highest BCUT2D eigenvalue weighted by Crippen LogP contribution is 2.71. The zero-order valence-electron chi connectivity index (χ0n) is 20.9. The molecule has 0 aromatic heterocycles. The van der Waals surface area contributed by atoms with Gasteiger partial charge in [-0.05, 0) is 71.0 Å². The lowest BCUT2D eigenvalue weighted by atomic mass is 9.80. The van der Waals surface area contributed by atoms with Crippen LogP contribution in [0.1, 0.15) is 15.9 Å². The quantitative estimate of drug-likeness (QED) is 0.0645. The Bertz CT molecular complexity index is 1150. The molecule has 8 nitrogen and oxygen atoms in total. The Kier molecular flexibility index (Phi) is 24.8. The van der Waals surface area contributed by atoms with Crippen molar-refractivity contribution in [1.82, 2.24) is 0 Å². The van der Waals surface area contributed by atoms with Crippen molar-refractivity contribution in [3.05, 3.63) is 77.5 Å². The monoisotopic (exact) mass is 722 g/mol. The lowest BCUT2D eigenvalue weighted by Crippen LogP contribution is -2.29. The second-order valence-electron chi connectivity index (χ2n) is 6.56. The Hall–Kier alpha value is -1.34. The first kappa shape index (κ1) is 40.8. The second kappa shape index (κ2) is 24.3. The van der Waals surface area contributed by atoms with Crippen molar-refractivity contribution in [2.45, 2.75) is 6.55 Å². The van der Waals surface area contributed by atoms with Gasteiger partial charge in [-0.3, -0.25) is 10.2 Å². The van der Waals surface area contributed by atoms with Crippen molar-refractivity contribution in [2.75, 3.05) is 7.11 Å². The van der Waals surface area contributed by atoms with E-state index in [0.717, 1.165) is 32.4 Å². The predicted octanol–water partition coefficient (Wildman–Crippen LogP) is 5.01. The van der Waals surface area contributed by atoms with Gasteiger partial charge in [-0.2, -0.15) is 8.78 Å². The van der Waals surface area contributed by atoms with Gasteiger partial charge in [0.05, 0.1) is 17.3 Å². The number of nitrogens with one attached hydrogen (secondary N) is 1. The van der Waals surface area contributed by atoms with Gasteiger partial charge >= 0.3 is 13.7 Å². The number of aliphatic imine (C=N–C) groups is 1. The summed E-state index contributed by atoms with van der Waals surface area (Å²) in [4.78, 5) is 13.1. The molecule has 19 heteroatoms. The zero-order valence-corrected chi connectivity index (χ0v) is 27.8. The van der Waals surface area contributed by atoms with E-state index in [1.807, 2.05) is 0 Å². The molecule has 0 amide bonds. The number of carbonyl (C=O) groups excluding carboxylic acids is 1. The van der Waals surface area contributed by atoms with Crippen LogP contribution in [0.25, 0.3) is 5.70 Å². The van der Waals surface area contributed by atoms with Crippen LogP contribution < -0.4 is 21.7 Å². The molecule has 2 aromatic carbocycles. The molecule has 2 rings (SSSR count). The summed E-state index contributed by atoms with van der Waals surface area (Å²) in [7, 11) is 8.93. The number of alkyl halides is 2. The number of nitrogens with two attached hydrogens (primary N) is 2. The van der Waals surface area contributed by atoms with Gasteiger partial charge in [-0.25, -0.2) is 13.8 Å². The first-order valence-electron chi connectivity index (χ1n) is 10.3. The maximum Gasteiger partial charge on any atom is 0.488 e. The van der Waals surface area contributed by atoms with Crippen molar-refractivity contribution in [3.8, 4) is 5.75 Å². The number of aldehydes is 1. The van der Waals surface area contributed by atoms with Crippen LogP contribution in [0.4, 0.5) is 17.6 Å². The smallest absolute Gasteiger partial charge is 0.488 e. The van der Waals surface area contributed by atoms with Crippen molar-refractivity contribution in [1.29, 1.82) is 5.41 Å². The molecule has 4 unspecified atom stereocenters. The number of methoxy groups -OCH3 is 1. The Labute approximate surface area is 248 Å². The number of carbonyl (C=O) groups is 1. The Morgan fingerprint density at radius 3 is 2.17 bits per heavy atom. The maximum absolute atomic E-state index is 13.2. The summed E-state index contributed by atoms with van der Waals surface area (Å²) in [5.41, 5.74) is 10.8. The van der Waals surface area contributed by atoms with Crippen molar-refractivity contribution < 1.29 is 37.1 Å². The predicted molar refractivity (Wildman–Crippen MR) is 176 cm³/mol. The van der Waals surface area contributed by atoms with Gasteiger partial charge in [0.25, 0.3) is 0 Å². The van der Waals surface area contributed by atoms with Crippen LogP contribution in [0.15, 0.2) is 59.7 Å². The average Bonchev–Trinajstić information content (AvgIpc) is 2.89. The number of halogens is 5. The fourth-order valence-electron chi connectivity index (χ4n) is 2.01. The molecule has 0 bridgehead atoms. The van der Waals surface area contributed by atoms with Gasteiger partial charge in [0.2, 0.25) is 0 Å². The highest BCUT2D eigenvalue weighted by atomic mass is 79.9. The third kappa shape index (κ3) is 20.5. The van der Waals surface area contributed by atoms with Crippen LogP contribution in [0.5, 0.6) is 5.75 Å². The van der Waals surface area contributed by atoms with E-state index in [2.05, 4.69) is 52.4 Å². The molecule has 2 aromatic rings. The summed E-state index contributed by atoms with van der Waals surface area (Å²) in [6, 6.07) is 7.45. The Balaban J connectivity index is 0. The van der Waals surface area contributed by atoms with Gasteiger partial charge in [0, 0.05) is 17.5 Å². The molecule has 0 saturated carbocycles.